The molecule has 0 heterocycles. The summed E-state index contributed by atoms with van der Waals surface area (Å²) in [5.41, 5.74) is 0. The molecule has 20 heavy (non-hydrogen) atoms. The zero-order valence-corrected chi connectivity index (χ0v) is 8.91. The second kappa shape index (κ2) is 5.47. The Bertz CT molecular complexity index is 328. The fourth-order valence-electron chi connectivity index (χ4n) is 0.691. The van der Waals surface area contributed by atoms with Gasteiger partial charge in [0, 0.05) is 0 Å². The Labute approximate surface area is 113 Å². The Kier molecular flexibility index (Phi) is 6.01. The van der Waals surface area contributed by atoms with Crippen LogP contribution in [0.2, 0.25) is 0 Å². The van der Waals surface area contributed by atoms with Gasteiger partial charge in [0.1, 0.15) is 0 Å². The van der Waals surface area contributed by atoms with Gasteiger partial charge in [-0.3, -0.25) is 0 Å². The van der Waals surface area contributed by atoms with Gasteiger partial charge in [0.15, 0.2) is 0 Å². The van der Waals surface area contributed by atoms with E-state index in [1.807, 2.05) is 0 Å². The molecule has 0 rings (SSSR count). The second-order valence-electron chi connectivity index (χ2n) is 3.06. The van der Waals surface area contributed by atoms with E-state index in [9.17, 15) is 57.1 Å². The molecule has 0 nitrogen and oxygen atoms in total. The predicted octanol–water partition coefficient (Wildman–Crippen LogP) is 1.52. The van der Waals surface area contributed by atoms with Gasteiger partial charge in [-0.25, -0.2) is 8.78 Å². The first kappa shape index (κ1) is 22.0. The predicted molar refractivity (Wildman–Crippen MR) is 31.3 cm³/mol. The Balaban J connectivity index is 0. The third-order valence-electron chi connectivity index (χ3n) is 1.78. The van der Waals surface area contributed by atoms with Gasteiger partial charge in [-0.1, -0.05) is 0 Å². The van der Waals surface area contributed by atoms with Gasteiger partial charge in [0.2, 0.25) is 0 Å². The van der Waals surface area contributed by atoms with Crippen LogP contribution in [0.25, 0.3) is 0 Å². The first-order valence-electron chi connectivity index (χ1n) is 3.71. The molecular weight excluding hydrogens is 326 g/mol. The molecular formula is C6F13Li. The van der Waals surface area contributed by atoms with Crippen LogP contribution in [0.1, 0.15) is 0 Å². The largest absolute Gasteiger partial charge is 1.00 e. The van der Waals surface area contributed by atoms with Crippen LogP contribution in [0.15, 0.2) is 0 Å². The molecule has 0 aliphatic carbocycles. The van der Waals surface area contributed by atoms with E-state index >= 15 is 0 Å². The van der Waals surface area contributed by atoms with Crippen molar-refractivity contribution in [2.45, 2.75) is 29.9 Å². The normalized spacial score (nSPS) is 15.3. The van der Waals surface area contributed by atoms with Crippen LogP contribution in [-0.2, 0) is 0 Å². The molecule has 0 unspecified atom stereocenters. The molecule has 0 aromatic heterocycles. The number of alkyl halides is 11. The van der Waals surface area contributed by atoms with Crippen LogP contribution in [0.4, 0.5) is 57.1 Å². The fraction of sp³-hybridized carbons (Fsp3) is 0.833. The fourth-order valence-corrected chi connectivity index (χ4v) is 0.691. The summed E-state index contributed by atoms with van der Waals surface area (Å²) in [5.74, 6) is -30.3. The number of halogens is 13. The van der Waals surface area contributed by atoms with E-state index in [-0.39, 0.29) is 18.9 Å². The number of rotatable bonds is 4. The van der Waals surface area contributed by atoms with Gasteiger partial charge >= 0.3 is 42.8 Å². The summed E-state index contributed by atoms with van der Waals surface area (Å²) in [6, 6.07) is 0. The van der Waals surface area contributed by atoms with Crippen LogP contribution >= 0.6 is 0 Å². The number of hydrogen-bond donors (Lipinski definition) is 0. The van der Waals surface area contributed by atoms with Crippen LogP contribution < -0.4 is 18.9 Å². The quantitative estimate of drug-likeness (QED) is 0.418. The van der Waals surface area contributed by atoms with Gasteiger partial charge in [0.05, 0.1) is 6.43 Å². The summed E-state index contributed by atoms with van der Waals surface area (Å²) in [7, 11) is 0. The zero-order chi connectivity index (χ0) is 16.1. The number of hydrogen-bond acceptors (Lipinski definition) is 0. The van der Waals surface area contributed by atoms with Crippen molar-refractivity contribution in [3.63, 3.8) is 0 Å². The van der Waals surface area contributed by atoms with Crippen molar-refractivity contribution in [3.8, 4) is 0 Å². The first-order valence-corrected chi connectivity index (χ1v) is 3.71. The molecule has 0 saturated heterocycles. The Hall–Kier alpha value is -0.313. The Morgan fingerprint density at radius 2 is 0.800 bits per heavy atom. The van der Waals surface area contributed by atoms with Crippen molar-refractivity contribution in [3.05, 3.63) is 6.43 Å². The molecule has 0 bridgehead atoms. The Morgan fingerprint density at radius 3 is 1.00 bits per heavy atom. The summed E-state index contributed by atoms with van der Waals surface area (Å²) in [4.78, 5) is 0. The molecule has 14 heteroatoms. The topological polar surface area (TPSA) is 0 Å². The maximum absolute atomic E-state index is 12.3. The minimum absolute atomic E-state index is 0. The first-order chi connectivity index (χ1) is 7.94. The average molecular weight is 326 g/mol. The van der Waals surface area contributed by atoms with E-state index in [1.165, 1.54) is 0 Å². The molecule has 0 radical (unpaired) electrons. The second-order valence-corrected chi connectivity index (χ2v) is 3.06. The molecule has 0 amide bonds. The molecule has 0 aromatic carbocycles. The van der Waals surface area contributed by atoms with Gasteiger partial charge in [-0.15, -0.1) is 0 Å². The summed E-state index contributed by atoms with van der Waals surface area (Å²) in [6.45, 7) is 0. The molecule has 0 fully saturated rings. The van der Waals surface area contributed by atoms with Crippen molar-refractivity contribution in [1.29, 1.82) is 0 Å². The third-order valence-corrected chi connectivity index (χ3v) is 1.78. The maximum atomic E-state index is 12.3. The molecule has 0 saturated carbocycles. The van der Waals surface area contributed by atoms with E-state index in [0.29, 0.717) is 0 Å². The molecule has 0 aliphatic heterocycles. The van der Waals surface area contributed by atoms with Crippen molar-refractivity contribution in [2.24, 2.45) is 0 Å². The van der Waals surface area contributed by atoms with Crippen LogP contribution in [-0.4, -0.2) is 29.9 Å². The average Bonchev–Trinajstić information content (AvgIpc) is 2.14. The van der Waals surface area contributed by atoms with E-state index in [2.05, 4.69) is 0 Å². The van der Waals surface area contributed by atoms with Crippen LogP contribution in [0.5, 0.6) is 0 Å². The molecule has 0 aromatic rings. The molecule has 0 N–H and O–H groups in total. The van der Waals surface area contributed by atoms with E-state index < -0.39 is 36.3 Å². The minimum atomic E-state index is -7.80. The standard InChI is InChI=1S/C6F13.Li/c7-1(8)2(9,10)3(11,12)4(13,14)5(15,16)6(17,18)19;/q-1;+1. The van der Waals surface area contributed by atoms with Gasteiger partial charge in [0.25, 0.3) is 5.92 Å². The van der Waals surface area contributed by atoms with Gasteiger partial charge in [-0.2, -0.15) is 39.5 Å². The summed E-state index contributed by atoms with van der Waals surface area (Å²) >= 11 is 0. The molecule has 0 spiro atoms. The molecule has 0 aliphatic rings. The SMILES string of the molecule is F[C-](F)C(F)(F)C(F)(F)C(F)(F)C(F)(F)C(F)(F)F.[Li+]. The van der Waals surface area contributed by atoms with Crippen LogP contribution in [0, 0.1) is 6.43 Å². The minimum Gasteiger partial charge on any atom is -0.415 e. The van der Waals surface area contributed by atoms with Crippen molar-refractivity contribution < 1.29 is 75.9 Å². The van der Waals surface area contributed by atoms with Gasteiger partial charge in [-0.05, 0) is 0 Å². The maximum Gasteiger partial charge on any atom is 1.00 e. The monoisotopic (exact) mass is 326 g/mol. The smallest absolute Gasteiger partial charge is 0.415 e. The summed E-state index contributed by atoms with van der Waals surface area (Å²) in [6.07, 6.45) is -12.1. The Morgan fingerprint density at radius 1 is 0.500 bits per heavy atom. The van der Waals surface area contributed by atoms with E-state index in [4.69, 9.17) is 0 Å². The van der Waals surface area contributed by atoms with Gasteiger partial charge < -0.3 is 8.78 Å². The van der Waals surface area contributed by atoms with Crippen molar-refractivity contribution >= 4 is 0 Å². The van der Waals surface area contributed by atoms with E-state index in [1.54, 1.807) is 0 Å². The molecule has 0 atom stereocenters. The summed E-state index contributed by atoms with van der Waals surface area (Å²) in [5, 5.41) is 0. The van der Waals surface area contributed by atoms with E-state index in [0.717, 1.165) is 0 Å². The van der Waals surface area contributed by atoms with Crippen LogP contribution in [0.3, 0.4) is 0 Å². The van der Waals surface area contributed by atoms with Crippen molar-refractivity contribution in [2.75, 3.05) is 0 Å². The summed E-state index contributed by atoms with van der Waals surface area (Å²) < 4.78 is 154. The molecule has 116 valence electrons. The van der Waals surface area contributed by atoms with Crippen molar-refractivity contribution in [1.82, 2.24) is 0 Å². The zero-order valence-electron chi connectivity index (χ0n) is 8.91. The third kappa shape index (κ3) is 2.83.